The molecule has 0 saturated heterocycles. The van der Waals surface area contributed by atoms with E-state index in [-0.39, 0.29) is 20.9 Å². The summed E-state index contributed by atoms with van der Waals surface area (Å²) in [7, 11) is 0. The molecule has 0 aliphatic carbocycles. The zero-order chi connectivity index (χ0) is 15.9. The van der Waals surface area contributed by atoms with E-state index in [9.17, 15) is 23.2 Å². The molecule has 22 heavy (non-hydrogen) atoms. The van der Waals surface area contributed by atoms with Crippen LogP contribution in [0.25, 0.3) is 0 Å². The molecule has 2 heterocycles. The first-order valence-corrected chi connectivity index (χ1v) is 6.02. The first-order valence-electron chi connectivity index (χ1n) is 6.02. The fraction of sp³-hybridized carbons (Fsp3) is 0.0769. The monoisotopic (exact) mass is 307 g/mol. The summed E-state index contributed by atoms with van der Waals surface area (Å²) in [5, 5.41) is 3.58. The third kappa shape index (κ3) is 2.12. The Morgan fingerprint density at radius 3 is 2.18 bits per heavy atom. The standard InChI is InChI=1S/C13H7F2N3O4/c14-13(15)17-6-5-9(16-17)12(21)22-18-10(19)7-3-1-2-4-8(7)11(18)20/h1-6,13H. The van der Waals surface area contributed by atoms with Crippen LogP contribution in [-0.4, -0.2) is 32.6 Å². The fourth-order valence-electron chi connectivity index (χ4n) is 1.94. The molecule has 0 bridgehead atoms. The van der Waals surface area contributed by atoms with E-state index in [0.717, 1.165) is 12.3 Å². The Labute approximate surface area is 121 Å². The van der Waals surface area contributed by atoms with Crippen molar-refractivity contribution >= 4 is 17.8 Å². The van der Waals surface area contributed by atoms with Gasteiger partial charge >= 0.3 is 12.5 Å². The van der Waals surface area contributed by atoms with Crippen LogP contribution in [-0.2, 0) is 4.84 Å². The van der Waals surface area contributed by atoms with Gasteiger partial charge in [0, 0.05) is 6.20 Å². The van der Waals surface area contributed by atoms with Crippen molar-refractivity contribution in [2.75, 3.05) is 0 Å². The summed E-state index contributed by atoms with van der Waals surface area (Å²) in [5.41, 5.74) is -0.256. The molecule has 0 radical (unpaired) electrons. The maximum Gasteiger partial charge on any atom is 0.384 e. The molecule has 3 rings (SSSR count). The molecule has 0 N–H and O–H groups in total. The van der Waals surface area contributed by atoms with Crippen LogP contribution in [0.15, 0.2) is 36.5 Å². The summed E-state index contributed by atoms with van der Waals surface area (Å²) in [4.78, 5) is 40.4. The Balaban J connectivity index is 1.80. The Morgan fingerprint density at radius 1 is 1.09 bits per heavy atom. The lowest BCUT2D eigenvalue weighted by molar-refractivity contribution is -0.0590. The van der Waals surface area contributed by atoms with Crippen molar-refractivity contribution in [1.29, 1.82) is 0 Å². The number of hydrogen-bond donors (Lipinski definition) is 0. The summed E-state index contributed by atoms with van der Waals surface area (Å²) in [5.74, 6) is -2.79. The molecule has 1 aromatic carbocycles. The van der Waals surface area contributed by atoms with E-state index >= 15 is 0 Å². The number of nitrogens with zero attached hydrogens (tertiary/aromatic N) is 3. The van der Waals surface area contributed by atoms with Crippen LogP contribution in [0.5, 0.6) is 0 Å². The highest BCUT2D eigenvalue weighted by Crippen LogP contribution is 2.23. The molecule has 0 fully saturated rings. The first-order chi connectivity index (χ1) is 10.5. The van der Waals surface area contributed by atoms with Crippen molar-refractivity contribution in [2.45, 2.75) is 6.55 Å². The largest absolute Gasteiger partial charge is 0.384 e. The minimum absolute atomic E-state index is 0.0957. The van der Waals surface area contributed by atoms with Gasteiger partial charge in [-0.1, -0.05) is 17.2 Å². The van der Waals surface area contributed by atoms with Crippen molar-refractivity contribution in [2.24, 2.45) is 0 Å². The van der Waals surface area contributed by atoms with E-state index in [1.54, 1.807) is 12.1 Å². The molecule has 0 atom stereocenters. The number of aromatic nitrogens is 2. The highest BCUT2D eigenvalue weighted by molar-refractivity contribution is 6.21. The molecular weight excluding hydrogens is 300 g/mol. The molecule has 1 aromatic heterocycles. The van der Waals surface area contributed by atoms with Gasteiger partial charge in [-0.2, -0.15) is 13.9 Å². The number of alkyl halides is 2. The smallest absolute Gasteiger partial charge is 0.322 e. The third-order valence-electron chi connectivity index (χ3n) is 2.95. The van der Waals surface area contributed by atoms with Gasteiger partial charge in [-0.05, 0) is 18.2 Å². The van der Waals surface area contributed by atoms with Crippen molar-refractivity contribution in [3.63, 3.8) is 0 Å². The molecule has 0 saturated carbocycles. The molecule has 2 amide bonds. The quantitative estimate of drug-likeness (QED) is 0.805. The molecule has 1 aliphatic heterocycles. The number of halogens is 2. The number of hydrogen-bond acceptors (Lipinski definition) is 5. The highest BCUT2D eigenvalue weighted by atomic mass is 19.3. The minimum atomic E-state index is -2.92. The van der Waals surface area contributed by atoms with Crippen molar-refractivity contribution in [1.82, 2.24) is 14.8 Å². The summed E-state index contributed by atoms with van der Waals surface area (Å²) in [6.07, 6.45) is 0.879. The van der Waals surface area contributed by atoms with Gasteiger partial charge in [-0.3, -0.25) is 9.59 Å². The van der Waals surface area contributed by atoms with Crippen LogP contribution in [0.4, 0.5) is 8.78 Å². The van der Waals surface area contributed by atoms with Gasteiger partial charge in [-0.25, -0.2) is 9.48 Å². The lowest BCUT2D eigenvalue weighted by Gasteiger charge is -2.11. The fourth-order valence-corrected chi connectivity index (χ4v) is 1.94. The average Bonchev–Trinajstić information content (AvgIpc) is 3.08. The number of carbonyl (C=O) groups is 3. The lowest BCUT2D eigenvalue weighted by atomic mass is 10.1. The van der Waals surface area contributed by atoms with Crippen molar-refractivity contribution < 1.29 is 28.0 Å². The van der Waals surface area contributed by atoms with Gasteiger partial charge in [-0.15, -0.1) is 0 Å². The number of benzene rings is 1. The van der Waals surface area contributed by atoms with E-state index in [1.807, 2.05) is 0 Å². The third-order valence-corrected chi connectivity index (χ3v) is 2.95. The topological polar surface area (TPSA) is 81.5 Å². The number of fused-ring (bicyclic) bond motifs is 1. The zero-order valence-electron chi connectivity index (χ0n) is 10.8. The Kier molecular flexibility index (Phi) is 3.17. The van der Waals surface area contributed by atoms with Gasteiger partial charge in [0.25, 0.3) is 11.8 Å². The molecule has 2 aromatic rings. The molecule has 9 heteroatoms. The number of carbonyl (C=O) groups excluding carboxylic acids is 3. The van der Waals surface area contributed by atoms with Gasteiger partial charge in [0.15, 0.2) is 5.69 Å². The SMILES string of the molecule is O=C(ON1C(=O)c2ccccc2C1=O)c1ccn(C(F)F)n1. The van der Waals surface area contributed by atoms with Crippen LogP contribution in [0.2, 0.25) is 0 Å². The number of rotatable bonds is 3. The summed E-state index contributed by atoms with van der Waals surface area (Å²) in [6, 6.07) is 6.93. The molecular formula is C13H7F2N3O4. The number of imide groups is 1. The van der Waals surface area contributed by atoms with E-state index in [0.29, 0.717) is 0 Å². The molecule has 112 valence electrons. The lowest BCUT2D eigenvalue weighted by Crippen LogP contribution is -2.32. The van der Waals surface area contributed by atoms with Gasteiger partial charge in [0.05, 0.1) is 11.1 Å². The zero-order valence-corrected chi connectivity index (χ0v) is 10.8. The highest BCUT2D eigenvalue weighted by Gasteiger charge is 2.39. The molecule has 7 nitrogen and oxygen atoms in total. The maximum absolute atomic E-state index is 12.4. The second-order valence-corrected chi connectivity index (χ2v) is 4.29. The second-order valence-electron chi connectivity index (χ2n) is 4.29. The average molecular weight is 307 g/mol. The first kappa shape index (κ1) is 13.9. The van der Waals surface area contributed by atoms with Gasteiger partial charge < -0.3 is 4.84 Å². The Hall–Kier alpha value is -3.10. The van der Waals surface area contributed by atoms with Crippen molar-refractivity contribution in [3.05, 3.63) is 53.3 Å². The predicted octanol–water partition coefficient (Wildman–Crippen LogP) is 1.65. The van der Waals surface area contributed by atoms with Crippen molar-refractivity contribution in [3.8, 4) is 0 Å². The van der Waals surface area contributed by atoms with E-state index < -0.39 is 30.0 Å². The van der Waals surface area contributed by atoms with Crippen LogP contribution in [0, 0.1) is 0 Å². The van der Waals surface area contributed by atoms with E-state index in [4.69, 9.17) is 0 Å². The van der Waals surface area contributed by atoms with E-state index in [1.165, 1.54) is 12.1 Å². The molecule has 0 unspecified atom stereocenters. The van der Waals surface area contributed by atoms with E-state index in [2.05, 4.69) is 9.94 Å². The Morgan fingerprint density at radius 2 is 1.68 bits per heavy atom. The Bertz CT molecular complexity index is 752. The second kappa shape index (κ2) is 5.02. The van der Waals surface area contributed by atoms with Crippen LogP contribution >= 0.6 is 0 Å². The van der Waals surface area contributed by atoms with Gasteiger partial charge in [0.2, 0.25) is 0 Å². The summed E-state index contributed by atoms with van der Waals surface area (Å²) < 4.78 is 25.0. The molecule has 0 spiro atoms. The summed E-state index contributed by atoms with van der Waals surface area (Å²) >= 11 is 0. The number of amides is 2. The minimum Gasteiger partial charge on any atom is -0.322 e. The van der Waals surface area contributed by atoms with Crippen LogP contribution in [0.1, 0.15) is 37.8 Å². The summed E-state index contributed by atoms with van der Waals surface area (Å²) in [6.45, 7) is -2.92. The normalized spacial score (nSPS) is 13.7. The van der Waals surface area contributed by atoms with Crippen LogP contribution < -0.4 is 0 Å². The maximum atomic E-state index is 12.4. The number of hydroxylamine groups is 2. The predicted molar refractivity (Wildman–Crippen MR) is 65.8 cm³/mol. The van der Waals surface area contributed by atoms with Gasteiger partial charge in [0.1, 0.15) is 0 Å². The molecule has 1 aliphatic rings. The van der Waals surface area contributed by atoms with Crippen LogP contribution in [0.3, 0.4) is 0 Å².